The van der Waals surface area contributed by atoms with Crippen molar-refractivity contribution in [3.8, 4) is 6.07 Å². The second kappa shape index (κ2) is 10.8. The number of halogens is 1. The molecule has 166 valence electrons. The number of fused-ring (bicyclic) bond motifs is 1. The molecule has 0 unspecified atom stereocenters. The summed E-state index contributed by atoms with van der Waals surface area (Å²) in [7, 11) is 0. The van der Waals surface area contributed by atoms with Crippen molar-refractivity contribution in [3.05, 3.63) is 82.7 Å². The minimum absolute atomic E-state index is 0.0862. The SMILES string of the molecule is CCCC1CCC(CCc2ccc3c(F)c(CCc4ccc(C#N)cc4)ccc3c2)CC1. The van der Waals surface area contributed by atoms with E-state index in [1.165, 1.54) is 50.5 Å². The third-order valence-electron chi connectivity index (χ3n) is 7.37. The summed E-state index contributed by atoms with van der Waals surface area (Å²) in [5.74, 6) is 1.74. The maximum atomic E-state index is 15.2. The molecule has 0 radical (unpaired) electrons. The average Bonchev–Trinajstić information content (AvgIpc) is 2.84. The van der Waals surface area contributed by atoms with Crippen molar-refractivity contribution in [2.24, 2.45) is 11.8 Å². The summed E-state index contributed by atoms with van der Waals surface area (Å²) in [6, 6.07) is 20.0. The molecule has 0 amide bonds. The molecule has 3 aromatic carbocycles. The van der Waals surface area contributed by atoms with E-state index in [2.05, 4.69) is 31.2 Å². The molecular weight excluding hydrogens is 393 g/mol. The lowest BCUT2D eigenvalue weighted by Gasteiger charge is -2.28. The number of benzene rings is 3. The molecule has 3 aromatic rings. The molecule has 0 bridgehead atoms. The predicted molar refractivity (Wildman–Crippen MR) is 131 cm³/mol. The monoisotopic (exact) mass is 427 g/mol. The van der Waals surface area contributed by atoms with Crippen molar-refractivity contribution in [2.75, 3.05) is 0 Å². The van der Waals surface area contributed by atoms with Gasteiger partial charge in [-0.3, -0.25) is 0 Å². The summed E-state index contributed by atoms with van der Waals surface area (Å²) in [6.45, 7) is 2.30. The Hall–Kier alpha value is -2.66. The van der Waals surface area contributed by atoms with Gasteiger partial charge in [-0.1, -0.05) is 87.9 Å². The molecular formula is C30H34FN. The summed E-state index contributed by atoms with van der Waals surface area (Å²) in [5.41, 5.74) is 3.88. The molecule has 0 atom stereocenters. The van der Waals surface area contributed by atoms with Crippen LogP contribution in [-0.4, -0.2) is 0 Å². The molecule has 1 aliphatic rings. The van der Waals surface area contributed by atoms with Crippen LogP contribution in [0.1, 0.15) is 74.1 Å². The molecule has 0 heterocycles. The molecule has 0 aliphatic heterocycles. The Morgan fingerprint density at radius 2 is 1.50 bits per heavy atom. The van der Waals surface area contributed by atoms with E-state index < -0.39 is 0 Å². The van der Waals surface area contributed by atoms with Crippen LogP contribution >= 0.6 is 0 Å². The van der Waals surface area contributed by atoms with Crippen molar-refractivity contribution >= 4 is 10.8 Å². The van der Waals surface area contributed by atoms with E-state index in [0.717, 1.165) is 46.6 Å². The van der Waals surface area contributed by atoms with Crippen molar-refractivity contribution in [3.63, 3.8) is 0 Å². The van der Waals surface area contributed by atoms with Gasteiger partial charge in [0.05, 0.1) is 11.6 Å². The van der Waals surface area contributed by atoms with Crippen molar-refractivity contribution in [2.45, 2.75) is 71.1 Å². The number of hydrogen-bond acceptors (Lipinski definition) is 1. The lowest BCUT2D eigenvalue weighted by molar-refractivity contribution is 0.252. The fraction of sp³-hybridized carbons (Fsp3) is 0.433. The molecule has 0 saturated heterocycles. The fourth-order valence-corrected chi connectivity index (χ4v) is 5.35. The minimum atomic E-state index is -0.0862. The quantitative estimate of drug-likeness (QED) is 0.355. The molecule has 1 saturated carbocycles. The second-order valence-electron chi connectivity index (χ2n) is 9.62. The molecule has 2 heteroatoms. The lowest BCUT2D eigenvalue weighted by atomic mass is 9.78. The smallest absolute Gasteiger partial charge is 0.134 e. The molecule has 1 fully saturated rings. The van der Waals surface area contributed by atoms with E-state index in [9.17, 15) is 0 Å². The highest BCUT2D eigenvalue weighted by atomic mass is 19.1. The predicted octanol–water partition coefficient (Wildman–Crippen LogP) is 8.17. The Morgan fingerprint density at radius 3 is 2.19 bits per heavy atom. The van der Waals surface area contributed by atoms with Gasteiger partial charge in [0.15, 0.2) is 0 Å². The first-order chi connectivity index (χ1) is 15.7. The number of nitrogens with zero attached hydrogens (tertiary/aromatic N) is 1. The molecule has 32 heavy (non-hydrogen) atoms. The van der Waals surface area contributed by atoms with E-state index >= 15 is 4.39 Å². The number of aryl methyl sites for hydroxylation is 3. The van der Waals surface area contributed by atoms with Crippen LogP contribution in [0.3, 0.4) is 0 Å². The Morgan fingerprint density at radius 1 is 0.812 bits per heavy atom. The number of hydrogen-bond donors (Lipinski definition) is 0. The van der Waals surface area contributed by atoms with Gasteiger partial charge < -0.3 is 0 Å². The van der Waals surface area contributed by atoms with Gasteiger partial charge in [0, 0.05) is 5.39 Å². The zero-order valence-electron chi connectivity index (χ0n) is 19.2. The Kier molecular flexibility index (Phi) is 7.59. The highest BCUT2D eigenvalue weighted by Crippen LogP contribution is 2.34. The first-order valence-electron chi connectivity index (χ1n) is 12.3. The van der Waals surface area contributed by atoms with Crippen LogP contribution in [0.5, 0.6) is 0 Å². The topological polar surface area (TPSA) is 23.8 Å². The van der Waals surface area contributed by atoms with E-state index in [0.29, 0.717) is 12.0 Å². The lowest BCUT2D eigenvalue weighted by Crippen LogP contribution is -2.15. The number of nitriles is 1. The maximum absolute atomic E-state index is 15.2. The van der Waals surface area contributed by atoms with Crippen LogP contribution < -0.4 is 0 Å². The van der Waals surface area contributed by atoms with Crippen molar-refractivity contribution in [1.82, 2.24) is 0 Å². The third-order valence-corrected chi connectivity index (χ3v) is 7.37. The second-order valence-corrected chi connectivity index (χ2v) is 9.62. The Bertz CT molecular complexity index is 1070. The first kappa shape index (κ1) is 22.5. The molecule has 1 nitrogen and oxygen atoms in total. The van der Waals surface area contributed by atoms with Crippen LogP contribution in [0.25, 0.3) is 10.8 Å². The Balaban J connectivity index is 1.36. The zero-order chi connectivity index (χ0) is 22.3. The molecule has 1 aliphatic carbocycles. The molecule has 0 spiro atoms. The highest BCUT2D eigenvalue weighted by molar-refractivity contribution is 5.84. The summed E-state index contributed by atoms with van der Waals surface area (Å²) in [4.78, 5) is 0. The van der Waals surface area contributed by atoms with E-state index in [-0.39, 0.29) is 5.82 Å². The third kappa shape index (κ3) is 5.57. The van der Waals surface area contributed by atoms with E-state index in [1.54, 1.807) is 0 Å². The van der Waals surface area contributed by atoms with Gasteiger partial charge >= 0.3 is 0 Å². The summed E-state index contributed by atoms with van der Waals surface area (Å²) >= 11 is 0. The van der Waals surface area contributed by atoms with Gasteiger partial charge in [0.25, 0.3) is 0 Å². The standard InChI is InChI=1S/C30H34FN/c1-2-3-22-4-6-23(7-5-22)8-11-25-15-19-29-28(20-25)18-17-27(30(29)31)16-14-24-9-12-26(21-32)13-10-24/h9-10,12-13,15,17-20,22-23H,2-8,11,14,16H2,1H3. The number of rotatable bonds is 8. The van der Waals surface area contributed by atoms with Crippen LogP contribution in [0, 0.1) is 29.0 Å². The summed E-state index contributed by atoms with van der Waals surface area (Å²) in [5, 5.41) is 10.7. The van der Waals surface area contributed by atoms with Crippen molar-refractivity contribution < 1.29 is 4.39 Å². The summed E-state index contributed by atoms with van der Waals surface area (Å²) < 4.78 is 15.2. The Labute approximate surface area is 192 Å². The van der Waals surface area contributed by atoms with Crippen LogP contribution in [0.4, 0.5) is 4.39 Å². The normalized spacial score (nSPS) is 18.5. The van der Waals surface area contributed by atoms with Gasteiger partial charge in [-0.05, 0) is 71.7 Å². The highest BCUT2D eigenvalue weighted by Gasteiger charge is 2.20. The first-order valence-corrected chi connectivity index (χ1v) is 12.3. The van der Waals surface area contributed by atoms with Crippen molar-refractivity contribution in [1.29, 1.82) is 5.26 Å². The van der Waals surface area contributed by atoms with Gasteiger partial charge in [-0.25, -0.2) is 4.39 Å². The minimum Gasteiger partial charge on any atom is -0.206 e. The summed E-state index contributed by atoms with van der Waals surface area (Å²) in [6.07, 6.45) is 12.1. The van der Waals surface area contributed by atoms with E-state index in [1.807, 2.05) is 36.4 Å². The molecule has 0 N–H and O–H groups in total. The molecule has 0 aromatic heterocycles. The largest absolute Gasteiger partial charge is 0.206 e. The van der Waals surface area contributed by atoms with Crippen LogP contribution in [0.15, 0.2) is 54.6 Å². The average molecular weight is 428 g/mol. The fourth-order valence-electron chi connectivity index (χ4n) is 5.35. The maximum Gasteiger partial charge on any atom is 0.134 e. The zero-order valence-corrected chi connectivity index (χ0v) is 19.2. The van der Waals surface area contributed by atoms with Crippen LogP contribution in [0.2, 0.25) is 0 Å². The van der Waals surface area contributed by atoms with E-state index in [4.69, 9.17) is 5.26 Å². The van der Waals surface area contributed by atoms with Gasteiger partial charge in [-0.2, -0.15) is 5.26 Å². The van der Waals surface area contributed by atoms with Gasteiger partial charge in [-0.15, -0.1) is 0 Å². The molecule has 4 rings (SSSR count). The van der Waals surface area contributed by atoms with Gasteiger partial charge in [0.2, 0.25) is 0 Å². The van der Waals surface area contributed by atoms with Crippen LogP contribution in [-0.2, 0) is 19.3 Å². The van der Waals surface area contributed by atoms with Gasteiger partial charge in [0.1, 0.15) is 5.82 Å².